The second-order valence-corrected chi connectivity index (χ2v) is 19.1. The number of aliphatic hydroxyl groups is 2. The number of Topliss-reactive ketones (excluding diaryl/α,β-unsaturated/α-hetero) is 3. The van der Waals surface area contributed by atoms with E-state index in [2.05, 4.69) is 0 Å². The molecule has 0 aromatic carbocycles. The third-order valence-corrected chi connectivity index (χ3v) is 14.1. The molecular formula is C50H77NO11. The summed E-state index contributed by atoms with van der Waals surface area (Å²) in [4.78, 5) is 71.1. The molecule has 4 rings (SSSR count). The van der Waals surface area contributed by atoms with Crippen LogP contribution in [0.3, 0.4) is 0 Å². The number of fused-ring (bicyclic) bond motifs is 3. The lowest BCUT2D eigenvalue weighted by Crippen LogP contribution is -2.61. The first-order chi connectivity index (χ1) is 29.4. The molecule has 0 spiro atoms. The predicted octanol–water partition coefficient (Wildman–Crippen LogP) is 7.58. The number of piperidine rings is 1. The van der Waals surface area contributed by atoms with Gasteiger partial charge < -0.3 is 34.1 Å². The van der Waals surface area contributed by atoms with Crippen LogP contribution in [-0.4, -0.2) is 107 Å². The highest BCUT2D eigenvalue weighted by Crippen LogP contribution is 2.37. The van der Waals surface area contributed by atoms with Gasteiger partial charge in [-0.05, 0) is 101 Å². The standard InChI is InChI=1S/C50H77NO11/c1-31-16-11-10-12-17-32(2)45(60-9)28-40-22-21-37(7)50(58,62-40)47(55)48(56)51-23-14-13-20-41(51)49(57)61-46(36(6)26-38-18-15-19-39(27-38)59-8)30-44(54)35(5)25-34(4)43(53)29-42(52)33(3)24-31/h10-12,16-17,25,31,33,35-41,43,45-46,53,58H,13-15,18-24,26-30H2,1-9H3/b12-10+,16-11+,32-17+,34-25+/t31-,33-,35-,36-,37-,38+,39+,40+,41+,43+,45+,46+,50?/m1/s1. The number of ketones is 3. The van der Waals surface area contributed by atoms with E-state index >= 15 is 0 Å². The summed E-state index contributed by atoms with van der Waals surface area (Å²) in [6.45, 7) is 13.1. The summed E-state index contributed by atoms with van der Waals surface area (Å²) in [6, 6.07) is -1.09. The number of amides is 1. The molecule has 2 saturated heterocycles. The zero-order valence-corrected chi connectivity index (χ0v) is 39.0. The van der Waals surface area contributed by atoms with Gasteiger partial charge in [-0.3, -0.25) is 19.2 Å². The van der Waals surface area contributed by atoms with Gasteiger partial charge in [-0.15, -0.1) is 0 Å². The molecule has 0 radical (unpaired) electrons. The predicted molar refractivity (Wildman–Crippen MR) is 238 cm³/mol. The lowest BCUT2D eigenvalue weighted by molar-refractivity contribution is -0.265. The SMILES string of the molecule is CO[C@H]1CCC[C@@H](C[C@@H](C)[C@@H]2CC(=O)[C@H](C)/C=C(\C)[C@@H](O)CC(=O)[C@H](C)C[C@H](C)/C=C/C=C/C=C(\C)[C@@H](OC)C[C@@H]3CC[C@@H](C)C(O)(O3)C(=O)C(=O)N3CCCC[C@H]3C(=O)O2)C1. The number of ether oxygens (including phenoxy) is 4. The first-order valence-corrected chi connectivity index (χ1v) is 23.3. The Morgan fingerprint density at radius 2 is 1.58 bits per heavy atom. The quantitative estimate of drug-likeness (QED) is 0.159. The number of hydrogen-bond acceptors (Lipinski definition) is 11. The highest BCUT2D eigenvalue weighted by atomic mass is 16.6. The minimum atomic E-state index is -2.40. The number of carbonyl (C=O) groups is 5. The van der Waals surface area contributed by atoms with Crippen molar-refractivity contribution in [1.29, 1.82) is 0 Å². The van der Waals surface area contributed by atoms with E-state index in [1.54, 1.807) is 41.1 Å². The van der Waals surface area contributed by atoms with Gasteiger partial charge in [0.15, 0.2) is 0 Å². The second kappa shape index (κ2) is 24.1. The second-order valence-electron chi connectivity index (χ2n) is 19.1. The summed E-state index contributed by atoms with van der Waals surface area (Å²) in [5.41, 5.74) is 1.42. The fraction of sp³-hybridized carbons (Fsp3) is 0.740. The van der Waals surface area contributed by atoms with Crippen LogP contribution in [0.25, 0.3) is 0 Å². The van der Waals surface area contributed by atoms with E-state index in [9.17, 15) is 34.2 Å². The maximum absolute atomic E-state index is 14.3. The van der Waals surface area contributed by atoms with Gasteiger partial charge in [0.25, 0.3) is 11.7 Å². The molecule has 3 aliphatic heterocycles. The van der Waals surface area contributed by atoms with E-state index in [1.165, 1.54) is 4.90 Å². The molecule has 3 heterocycles. The lowest BCUT2D eigenvalue weighted by atomic mass is 9.79. The number of aliphatic hydroxyl groups excluding tert-OH is 1. The van der Waals surface area contributed by atoms with E-state index in [0.29, 0.717) is 56.4 Å². The Morgan fingerprint density at radius 3 is 2.29 bits per heavy atom. The number of cyclic esters (lactones) is 1. The molecule has 348 valence electrons. The van der Waals surface area contributed by atoms with Crippen LogP contribution in [-0.2, 0) is 42.9 Å². The Labute approximate surface area is 370 Å². The molecule has 12 heteroatoms. The summed E-state index contributed by atoms with van der Waals surface area (Å²) in [5, 5.41) is 23.0. The number of hydrogen-bond donors (Lipinski definition) is 2. The van der Waals surface area contributed by atoms with Crippen molar-refractivity contribution in [2.75, 3.05) is 20.8 Å². The number of methoxy groups -OCH3 is 2. The Bertz CT molecular complexity index is 1670. The van der Waals surface area contributed by atoms with Crippen molar-refractivity contribution in [1.82, 2.24) is 4.90 Å². The van der Waals surface area contributed by atoms with Crippen LogP contribution >= 0.6 is 0 Å². The van der Waals surface area contributed by atoms with Crippen molar-refractivity contribution in [3.8, 4) is 0 Å². The molecule has 1 unspecified atom stereocenters. The van der Waals surface area contributed by atoms with Crippen LogP contribution in [0.15, 0.2) is 47.6 Å². The highest BCUT2D eigenvalue weighted by molar-refractivity contribution is 6.39. The van der Waals surface area contributed by atoms with Crippen LogP contribution < -0.4 is 0 Å². The average molecular weight is 868 g/mol. The first kappa shape index (κ1) is 51.3. The van der Waals surface area contributed by atoms with Crippen molar-refractivity contribution >= 4 is 29.2 Å². The monoisotopic (exact) mass is 868 g/mol. The lowest BCUT2D eigenvalue weighted by Gasteiger charge is -2.42. The minimum absolute atomic E-state index is 0.0563. The fourth-order valence-corrected chi connectivity index (χ4v) is 9.78. The molecule has 62 heavy (non-hydrogen) atoms. The molecule has 3 fully saturated rings. The van der Waals surface area contributed by atoms with Crippen molar-refractivity contribution < 1.29 is 53.1 Å². The first-order valence-electron chi connectivity index (χ1n) is 23.3. The molecule has 13 atom stereocenters. The summed E-state index contributed by atoms with van der Waals surface area (Å²) < 4.78 is 23.9. The van der Waals surface area contributed by atoms with Crippen molar-refractivity contribution in [2.45, 2.75) is 181 Å². The van der Waals surface area contributed by atoms with E-state index < -0.39 is 65.7 Å². The fourth-order valence-electron chi connectivity index (χ4n) is 9.78. The minimum Gasteiger partial charge on any atom is -0.460 e. The van der Waals surface area contributed by atoms with Crippen molar-refractivity contribution in [3.63, 3.8) is 0 Å². The van der Waals surface area contributed by atoms with Crippen molar-refractivity contribution in [2.24, 2.45) is 35.5 Å². The number of esters is 1. The number of rotatable bonds is 5. The smallest absolute Gasteiger partial charge is 0.329 e. The number of allylic oxidation sites excluding steroid dienone is 6. The van der Waals surface area contributed by atoms with E-state index in [4.69, 9.17) is 18.9 Å². The topological polar surface area (TPSA) is 166 Å². The third kappa shape index (κ3) is 14.1. The van der Waals surface area contributed by atoms with E-state index in [0.717, 1.165) is 31.3 Å². The van der Waals surface area contributed by atoms with Crippen LogP contribution in [0, 0.1) is 35.5 Å². The van der Waals surface area contributed by atoms with Gasteiger partial charge in [-0.2, -0.15) is 0 Å². The highest BCUT2D eigenvalue weighted by Gasteiger charge is 2.53. The largest absolute Gasteiger partial charge is 0.460 e. The van der Waals surface area contributed by atoms with Crippen LogP contribution in [0.1, 0.15) is 138 Å². The van der Waals surface area contributed by atoms with Crippen LogP contribution in [0.2, 0.25) is 0 Å². The number of nitrogens with zero attached hydrogens (tertiary/aromatic N) is 1. The molecule has 0 aromatic rings. The summed E-state index contributed by atoms with van der Waals surface area (Å²) in [7, 11) is 3.31. The summed E-state index contributed by atoms with van der Waals surface area (Å²) in [5.74, 6) is -6.85. The van der Waals surface area contributed by atoms with Crippen LogP contribution in [0.4, 0.5) is 0 Å². The van der Waals surface area contributed by atoms with Gasteiger partial charge in [0.2, 0.25) is 5.79 Å². The van der Waals surface area contributed by atoms with Gasteiger partial charge in [0, 0.05) is 57.8 Å². The van der Waals surface area contributed by atoms with Gasteiger partial charge in [-0.1, -0.05) is 83.9 Å². The molecule has 0 aromatic heterocycles. The molecule has 2 N–H and O–H groups in total. The summed E-state index contributed by atoms with van der Waals surface area (Å²) in [6.07, 6.45) is 16.5. The van der Waals surface area contributed by atoms with E-state index in [1.807, 2.05) is 58.1 Å². The maximum Gasteiger partial charge on any atom is 0.329 e. The Morgan fingerprint density at radius 1 is 0.839 bits per heavy atom. The molecule has 2 bridgehead atoms. The zero-order valence-electron chi connectivity index (χ0n) is 39.0. The average Bonchev–Trinajstić information content (AvgIpc) is 3.25. The van der Waals surface area contributed by atoms with Crippen LogP contribution in [0.5, 0.6) is 0 Å². The molecule has 4 aliphatic rings. The molecule has 12 nitrogen and oxygen atoms in total. The Balaban J connectivity index is 1.66. The Kier molecular flexibility index (Phi) is 20.0. The maximum atomic E-state index is 14.3. The van der Waals surface area contributed by atoms with Crippen molar-refractivity contribution in [3.05, 3.63) is 47.6 Å². The molecular weight excluding hydrogens is 791 g/mol. The normalized spacial score (nSPS) is 39.4. The van der Waals surface area contributed by atoms with Gasteiger partial charge in [0.1, 0.15) is 23.7 Å². The molecule has 1 saturated carbocycles. The number of carbonyl (C=O) groups excluding carboxylic acids is 5. The van der Waals surface area contributed by atoms with Gasteiger partial charge >= 0.3 is 5.97 Å². The third-order valence-electron chi connectivity index (χ3n) is 14.1. The zero-order chi connectivity index (χ0) is 45.7. The van der Waals surface area contributed by atoms with Gasteiger partial charge in [0.05, 0.1) is 24.4 Å². The van der Waals surface area contributed by atoms with Gasteiger partial charge in [-0.25, -0.2) is 4.79 Å². The molecule has 1 amide bonds. The molecule has 1 aliphatic carbocycles. The Hall–Kier alpha value is -3.29. The van der Waals surface area contributed by atoms with E-state index in [-0.39, 0.29) is 61.2 Å². The summed E-state index contributed by atoms with van der Waals surface area (Å²) >= 11 is 0.